The number of carbonyl (C=O) groups excluding carboxylic acids is 1. The number of hydrogen-bond acceptors (Lipinski definition) is 3. The minimum atomic E-state index is -0.413. The van der Waals surface area contributed by atoms with Gasteiger partial charge in [0.15, 0.2) is 5.78 Å². The van der Waals surface area contributed by atoms with Crippen LogP contribution in [0.25, 0.3) is 0 Å². The number of halogens is 1. The van der Waals surface area contributed by atoms with E-state index in [4.69, 9.17) is 0 Å². The van der Waals surface area contributed by atoms with Gasteiger partial charge in [-0.15, -0.1) is 0 Å². The maximum absolute atomic E-state index is 12.8. The predicted molar refractivity (Wildman–Crippen MR) is 67.9 cm³/mol. The number of pyridine rings is 1. The van der Waals surface area contributed by atoms with E-state index in [9.17, 15) is 9.18 Å². The van der Waals surface area contributed by atoms with Gasteiger partial charge in [0.1, 0.15) is 11.5 Å². The van der Waals surface area contributed by atoms with Crippen molar-refractivity contribution in [3.8, 4) is 0 Å². The molecule has 2 heterocycles. The first-order chi connectivity index (χ1) is 8.58. The van der Waals surface area contributed by atoms with Crippen LogP contribution >= 0.6 is 0 Å². The number of aromatic nitrogens is 1. The Balaban J connectivity index is 2.06. The molecule has 98 valence electrons. The number of nitrogens with zero attached hydrogens (tertiary/aromatic N) is 1. The van der Waals surface area contributed by atoms with E-state index in [1.54, 1.807) is 0 Å². The quantitative estimate of drug-likeness (QED) is 0.838. The van der Waals surface area contributed by atoms with Gasteiger partial charge < -0.3 is 5.32 Å². The number of hydrogen-bond donors (Lipinski definition) is 1. The van der Waals surface area contributed by atoms with Crippen molar-refractivity contribution in [1.82, 2.24) is 10.3 Å². The second-order valence-electron chi connectivity index (χ2n) is 5.20. The minimum absolute atomic E-state index is 0.0124. The lowest BCUT2D eigenvalue weighted by atomic mass is 9.84. The van der Waals surface area contributed by atoms with Gasteiger partial charge in [-0.25, -0.2) is 4.39 Å². The summed E-state index contributed by atoms with van der Waals surface area (Å²) in [5, 5.41) is 3.39. The summed E-state index contributed by atoms with van der Waals surface area (Å²) in [6.07, 6.45) is 3.26. The molecule has 0 spiro atoms. The molecule has 0 amide bonds. The Labute approximate surface area is 107 Å². The third-order valence-corrected chi connectivity index (χ3v) is 3.70. The van der Waals surface area contributed by atoms with E-state index in [1.165, 1.54) is 12.1 Å². The van der Waals surface area contributed by atoms with Crippen LogP contribution in [0, 0.1) is 17.7 Å². The first-order valence-corrected chi connectivity index (χ1v) is 6.47. The molecule has 3 unspecified atom stereocenters. The molecule has 3 nitrogen and oxygen atoms in total. The Morgan fingerprint density at radius 3 is 2.94 bits per heavy atom. The lowest BCUT2D eigenvalue weighted by molar-refractivity contribution is 0.0877. The van der Waals surface area contributed by atoms with Crippen molar-refractivity contribution < 1.29 is 9.18 Å². The van der Waals surface area contributed by atoms with Crippen molar-refractivity contribution in [2.75, 3.05) is 6.54 Å². The molecule has 2 rings (SSSR count). The van der Waals surface area contributed by atoms with Crippen LogP contribution in [-0.4, -0.2) is 23.4 Å². The first kappa shape index (κ1) is 13.1. The molecule has 1 aromatic heterocycles. The Kier molecular flexibility index (Phi) is 4.07. The first-order valence-electron chi connectivity index (χ1n) is 6.47. The van der Waals surface area contributed by atoms with Crippen LogP contribution in [-0.2, 0) is 0 Å². The van der Waals surface area contributed by atoms with Crippen LogP contribution in [0.1, 0.15) is 37.2 Å². The second kappa shape index (κ2) is 5.57. The fraction of sp³-hybridized carbons (Fsp3) is 0.571. The molecule has 3 atom stereocenters. The lowest BCUT2D eigenvalue weighted by Gasteiger charge is -2.31. The third-order valence-electron chi connectivity index (χ3n) is 3.70. The van der Waals surface area contributed by atoms with Crippen LogP contribution < -0.4 is 5.32 Å². The third kappa shape index (κ3) is 2.93. The summed E-state index contributed by atoms with van der Waals surface area (Å²) < 4.78 is 12.8. The summed E-state index contributed by atoms with van der Waals surface area (Å²) in [4.78, 5) is 16.1. The van der Waals surface area contributed by atoms with Gasteiger partial charge in [0.05, 0.1) is 6.20 Å². The largest absolute Gasteiger partial charge is 0.313 e. The number of carbonyl (C=O) groups is 1. The molecule has 1 aliphatic heterocycles. The number of rotatable bonds is 3. The fourth-order valence-corrected chi connectivity index (χ4v) is 2.47. The molecule has 0 aromatic carbocycles. The molecule has 4 heteroatoms. The summed E-state index contributed by atoms with van der Waals surface area (Å²) >= 11 is 0. The van der Waals surface area contributed by atoms with E-state index >= 15 is 0 Å². The van der Waals surface area contributed by atoms with Crippen LogP contribution in [0.15, 0.2) is 18.3 Å². The van der Waals surface area contributed by atoms with Crippen molar-refractivity contribution in [3.63, 3.8) is 0 Å². The summed E-state index contributed by atoms with van der Waals surface area (Å²) in [5.41, 5.74) is 0.351. The second-order valence-corrected chi connectivity index (χ2v) is 5.20. The van der Waals surface area contributed by atoms with Gasteiger partial charge in [-0.05, 0) is 37.4 Å². The molecular formula is C14H19FN2O. The minimum Gasteiger partial charge on any atom is -0.313 e. The van der Waals surface area contributed by atoms with Crippen molar-refractivity contribution in [3.05, 3.63) is 29.8 Å². The van der Waals surface area contributed by atoms with Crippen LogP contribution in [0.2, 0.25) is 0 Å². The highest BCUT2D eigenvalue weighted by Gasteiger charge is 2.29. The molecule has 0 saturated carbocycles. The Bertz CT molecular complexity index is 418. The summed E-state index contributed by atoms with van der Waals surface area (Å²) in [7, 11) is 0. The van der Waals surface area contributed by atoms with Crippen molar-refractivity contribution in [2.24, 2.45) is 11.8 Å². The van der Waals surface area contributed by atoms with E-state index in [2.05, 4.69) is 17.2 Å². The Morgan fingerprint density at radius 2 is 2.33 bits per heavy atom. The highest BCUT2D eigenvalue weighted by molar-refractivity contribution is 5.96. The molecule has 1 aliphatic rings. The molecule has 0 aliphatic carbocycles. The van der Waals surface area contributed by atoms with Gasteiger partial charge in [-0.1, -0.05) is 13.8 Å². The maximum Gasteiger partial charge on any atom is 0.185 e. The smallest absolute Gasteiger partial charge is 0.185 e. The van der Waals surface area contributed by atoms with Crippen LogP contribution in [0.3, 0.4) is 0 Å². The van der Waals surface area contributed by atoms with E-state index in [0.717, 1.165) is 25.6 Å². The topological polar surface area (TPSA) is 42.0 Å². The zero-order chi connectivity index (χ0) is 13.1. The molecule has 1 aromatic rings. The van der Waals surface area contributed by atoms with E-state index in [1.807, 2.05) is 6.92 Å². The standard InChI is InChI=1S/C14H19FN2O/c1-9-5-6-16-13(7-9)10(2)14(18)12-4-3-11(15)8-17-12/h3-4,8-10,13,16H,5-7H2,1-2H3. The fourth-order valence-electron chi connectivity index (χ4n) is 2.47. The van der Waals surface area contributed by atoms with E-state index in [0.29, 0.717) is 11.6 Å². The number of Topliss-reactive ketones (excluding diaryl/α,β-unsaturated/α-hetero) is 1. The number of nitrogens with one attached hydrogen (secondary N) is 1. The summed E-state index contributed by atoms with van der Waals surface area (Å²) in [6.45, 7) is 5.09. The highest BCUT2D eigenvalue weighted by Crippen LogP contribution is 2.22. The Morgan fingerprint density at radius 1 is 1.56 bits per heavy atom. The van der Waals surface area contributed by atoms with Gasteiger partial charge in [0.25, 0.3) is 0 Å². The average molecular weight is 250 g/mol. The summed E-state index contributed by atoms with van der Waals surface area (Å²) in [6, 6.07) is 2.94. The molecule has 0 bridgehead atoms. The SMILES string of the molecule is CC1CCNC(C(C)C(=O)c2ccc(F)cn2)C1. The maximum atomic E-state index is 12.8. The normalized spacial score (nSPS) is 25.7. The number of piperidine rings is 1. The highest BCUT2D eigenvalue weighted by atomic mass is 19.1. The van der Waals surface area contributed by atoms with Gasteiger partial charge in [0.2, 0.25) is 0 Å². The zero-order valence-corrected chi connectivity index (χ0v) is 10.8. The molecule has 1 saturated heterocycles. The Hall–Kier alpha value is -1.29. The van der Waals surface area contributed by atoms with Crippen LogP contribution in [0.5, 0.6) is 0 Å². The molecule has 1 N–H and O–H groups in total. The van der Waals surface area contributed by atoms with Crippen LogP contribution in [0.4, 0.5) is 4.39 Å². The van der Waals surface area contributed by atoms with Crippen molar-refractivity contribution in [2.45, 2.75) is 32.7 Å². The monoisotopic (exact) mass is 250 g/mol. The van der Waals surface area contributed by atoms with Gasteiger partial charge in [-0.3, -0.25) is 9.78 Å². The van der Waals surface area contributed by atoms with Gasteiger partial charge in [-0.2, -0.15) is 0 Å². The zero-order valence-electron chi connectivity index (χ0n) is 10.8. The number of ketones is 1. The van der Waals surface area contributed by atoms with E-state index < -0.39 is 5.82 Å². The van der Waals surface area contributed by atoms with Gasteiger partial charge in [0, 0.05) is 12.0 Å². The van der Waals surface area contributed by atoms with Gasteiger partial charge >= 0.3 is 0 Å². The molecule has 0 radical (unpaired) electrons. The molecule has 18 heavy (non-hydrogen) atoms. The molecular weight excluding hydrogens is 231 g/mol. The lowest BCUT2D eigenvalue weighted by Crippen LogP contribution is -2.44. The van der Waals surface area contributed by atoms with E-state index in [-0.39, 0.29) is 17.7 Å². The predicted octanol–water partition coefficient (Wildman–Crippen LogP) is 2.43. The van der Waals surface area contributed by atoms with Crippen molar-refractivity contribution >= 4 is 5.78 Å². The average Bonchev–Trinajstić information content (AvgIpc) is 2.38. The summed E-state index contributed by atoms with van der Waals surface area (Å²) in [5.74, 6) is 0.101. The van der Waals surface area contributed by atoms with Crippen molar-refractivity contribution in [1.29, 1.82) is 0 Å². The molecule has 1 fully saturated rings.